The molecule has 2 N–H and O–H groups in total. The fourth-order valence-corrected chi connectivity index (χ4v) is 1.60. The minimum atomic E-state index is -0.835. The molecule has 6 nitrogen and oxygen atoms in total. The molecule has 0 aliphatic carbocycles. The first kappa shape index (κ1) is 16.0. The van der Waals surface area contributed by atoms with E-state index in [1.54, 1.807) is 32.4 Å². The van der Waals surface area contributed by atoms with Crippen LogP contribution in [0, 0.1) is 0 Å². The monoisotopic (exact) mass is 280 g/mol. The maximum absolute atomic E-state index is 11.9. The molecule has 0 aliphatic heterocycles. The van der Waals surface area contributed by atoms with Crippen LogP contribution in [0.3, 0.4) is 0 Å². The Kier molecular flexibility index (Phi) is 6.52. The maximum Gasteiger partial charge on any atom is 0.321 e. The third kappa shape index (κ3) is 5.71. The van der Waals surface area contributed by atoms with Gasteiger partial charge >= 0.3 is 12.0 Å². The first-order valence-electron chi connectivity index (χ1n) is 6.34. The highest BCUT2D eigenvalue weighted by molar-refractivity contribution is 5.89. The standard InChI is InChI=1S/C14H20N2O4/c1-16(8-9-20-2)14(19)15-12-5-3-4-11(10-12)6-7-13(17)18/h3-5,10H,6-9H2,1-2H3,(H,15,19)(H,17,18). The summed E-state index contributed by atoms with van der Waals surface area (Å²) in [4.78, 5) is 23.9. The lowest BCUT2D eigenvalue weighted by atomic mass is 10.1. The number of nitrogens with one attached hydrogen (secondary N) is 1. The minimum Gasteiger partial charge on any atom is -0.481 e. The quantitative estimate of drug-likeness (QED) is 0.798. The smallest absolute Gasteiger partial charge is 0.321 e. The summed E-state index contributed by atoms with van der Waals surface area (Å²) in [6, 6.07) is 6.96. The lowest BCUT2D eigenvalue weighted by molar-refractivity contribution is -0.136. The SMILES string of the molecule is COCCN(C)C(=O)Nc1cccc(CCC(=O)O)c1. The first-order valence-corrected chi connectivity index (χ1v) is 6.34. The molecule has 1 rings (SSSR count). The molecule has 20 heavy (non-hydrogen) atoms. The van der Waals surface area contributed by atoms with E-state index in [2.05, 4.69) is 5.32 Å². The van der Waals surface area contributed by atoms with Gasteiger partial charge < -0.3 is 20.1 Å². The van der Waals surface area contributed by atoms with Crippen LogP contribution in [0.15, 0.2) is 24.3 Å². The van der Waals surface area contributed by atoms with E-state index in [1.807, 2.05) is 6.07 Å². The van der Waals surface area contributed by atoms with E-state index in [4.69, 9.17) is 9.84 Å². The van der Waals surface area contributed by atoms with E-state index >= 15 is 0 Å². The number of carboxylic acids is 1. The Bertz CT molecular complexity index is 462. The molecular formula is C14H20N2O4. The Morgan fingerprint density at radius 2 is 2.15 bits per heavy atom. The van der Waals surface area contributed by atoms with E-state index in [9.17, 15) is 9.59 Å². The van der Waals surface area contributed by atoms with Crippen LogP contribution >= 0.6 is 0 Å². The minimum absolute atomic E-state index is 0.0745. The summed E-state index contributed by atoms with van der Waals surface area (Å²) < 4.78 is 4.91. The van der Waals surface area contributed by atoms with Gasteiger partial charge in [-0.1, -0.05) is 12.1 Å². The number of carbonyl (C=O) groups excluding carboxylic acids is 1. The average molecular weight is 280 g/mol. The molecule has 1 aromatic carbocycles. The highest BCUT2D eigenvalue weighted by Gasteiger charge is 2.08. The number of hydrogen-bond acceptors (Lipinski definition) is 3. The van der Waals surface area contributed by atoms with Crippen molar-refractivity contribution >= 4 is 17.7 Å². The number of likely N-dealkylation sites (N-methyl/N-ethyl adjacent to an activating group) is 1. The number of carbonyl (C=O) groups is 2. The zero-order valence-corrected chi connectivity index (χ0v) is 11.8. The Morgan fingerprint density at radius 3 is 2.80 bits per heavy atom. The zero-order chi connectivity index (χ0) is 15.0. The van der Waals surface area contributed by atoms with Gasteiger partial charge in [0.05, 0.1) is 6.61 Å². The highest BCUT2D eigenvalue weighted by atomic mass is 16.5. The number of aryl methyl sites for hydroxylation is 1. The highest BCUT2D eigenvalue weighted by Crippen LogP contribution is 2.12. The summed E-state index contributed by atoms with van der Waals surface area (Å²) in [5.41, 5.74) is 1.53. The van der Waals surface area contributed by atoms with Gasteiger partial charge in [-0.25, -0.2) is 4.79 Å². The van der Waals surface area contributed by atoms with E-state index < -0.39 is 5.97 Å². The molecule has 6 heteroatoms. The maximum atomic E-state index is 11.9. The number of benzene rings is 1. The molecule has 0 unspecified atom stereocenters. The average Bonchev–Trinajstić information content (AvgIpc) is 2.42. The topological polar surface area (TPSA) is 78.9 Å². The van der Waals surface area contributed by atoms with Crippen molar-refractivity contribution in [3.63, 3.8) is 0 Å². The van der Waals surface area contributed by atoms with Gasteiger partial charge in [0.1, 0.15) is 0 Å². The molecule has 0 heterocycles. The fraction of sp³-hybridized carbons (Fsp3) is 0.429. The number of amides is 2. The summed E-state index contributed by atoms with van der Waals surface area (Å²) >= 11 is 0. The third-order valence-electron chi connectivity index (χ3n) is 2.78. The van der Waals surface area contributed by atoms with Crippen molar-refractivity contribution in [2.45, 2.75) is 12.8 Å². The van der Waals surface area contributed by atoms with Crippen molar-refractivity contribution in [2.75, 3.05) is 32.6 Å². The molecule has 0 saturated heterocycles. The van der Waals surface area contributed by atoms with Gasteiger partial charge in [0.2, 0.25) is 0 Å². The Morgan fingerprint density at radius 1 is 1.40 bits per heavy atom. The molecule has 0 atom stereocenters. The number of rotatable bonds is 7. The van der Waals surface area contributed by atoms with Crippen molar-refractivity contribution in [1.29, 1.82) is 0 Å². The van der Waals surface area contributed by atoms with Crippen LogP contribution in [0.25, 0.3) is 0 Å². The number of aliphatic carboxylic acids is 1. The van der Waals surface area contributed by atoms with E-state index in [-0.39, 0.29) is 12.5 Å². The predicted molar refractivity (Wildman–Crippen MR) is 75.9 cm³/mol. The van der Waals surface area contributed by atoms with Crippen LogP contribution < -0.4 is 5.32 Å². The molecule has 2 amide bonds. The second-order valence-electron chi connectivity index (χ2n) is 4.44. The number of hydrogen-bond donors (Lipinski definition) is 2. The summed E-state index contributed by atoms with van der Waals surface area (Å²) in [6.45, 7) is 0.976. The van der Waals surface area contributed by atoms with Crippen LogP contribution in [0.2, 0.25) is 0 Å². The summed E-state index contributed by atoms with van der Waals surface area (Å²) in [6.07, 6.45) is 0.518. The first-order chi connectivity index (χ1) is 9.52. The molecule has 0 fully saturated rings. The molecular weight excluding hydrogens is 260 g/mol. The van der Waals surface area contributed by atoms with Crippen LogP contribution in [-0.4, -0.2) is 49.3 Å². The van der Waals surface area contributed by atoms with Crippen LogP contribution in [0.5, 0.6) is 0 Å². The summed E-state index contributed by atoms with van der Waals surface area (Å²) in [5, 5.41) is 11.4. The van der Waals surface area contributed by atoms with Gasteiger partial charge in [0.25, 0.3) is 0 Å². The van der Waals surface area contributed by atoms with Crippen LogP contribution in [0.4, 0.5) is 10.5 Å². The van der Waals surface area contributed by atoms with Gasteiger partial charge in [-0.05, 0) is 24.1 Å². The number of nitrogens with zero attached hydrogens (tertiary/aromatic N) is 1. The zero-order valence-electron chi connectivity index (χ0n) is 11.8. The summed E-state index contributed by atoms with van der Waals surface area (Å²) in [7, 11) is 3.26. The van der Waals surface area contributed by atoms with Gasteiger partial charge in [0, 0.05) is 32.8 Å². The van der Waals surface area contributed by atoms with E-state index in [0.29, 0.717) is 25.3 Å². The number of methoxy groups -OCH3 is 1. The summed E-state index contributed by atoms with van der Waals surface area (Å²) in [5.74, 6) is -0.835. The normalized spacial score (nSPS) is 10.1. The second-order valence-corrected chi connectivity index (χ2v) is 4.44. The third-order valence-corrected chi connectivity index (χ3v) is 2.78. The molecule has 0 aromatic heterocycles. The lowest BCUT2D eigenvalue weighted by Crippen LogP contribution is -2.33. The number of carboxylic acid groups (broad SMARTS) is 1. The lowest BCUT2D eigenvalue weighted by Gasteiger charge is -2.17. The molecule has 110 valence electrons. The largest absolute Gasteiger partial charge is 0.481 e. The van der Waals surface area contributed by atoms with Crippen molar-refractivity contribution in [3.05, 3.63) is 29.8 Å². The van der Waals surface area contributed by atoms with Gasteiger partial charge in [-0.3, -0.25) is 4.79 Å². The number of ether oxygens (including phenoxy) is 1. The van der Waals surface area contributed by atoms with Gasteiger partial charge in [0.15, 0.2) is 0 Å². The molecule has 1 aromatic rings. The molecule has 0 aliphatic rings. The van der Waals surface area contributed by atoms with Crippen LogP contribution in [-0.2, 0) is 16.0 Å². The van der Waals surface area contributed by atoms with E-state index in [1.165, 1.54) is 4.90 Å². The Labute approximate surface area is 118 Å². The number of urea groups is 1. The molecule has 0 saturated carbocycles. The second kappa shape index (κ2) is 8.16. The fourth-order valence-electron chi connectivity index (χ4n) is 1.60. The van der Waals surface area contributed by atoms with Crippen LogP contribution in [0.1, 0.15) is 12.0 Å². The predicted octanol–water partition coefficient (Wildman–Crippen LogP) is 1.81. The van der Waals surface area contributed by atoms with Gasteiger partial charge in [-0.15, -0.1) is 0 Å². The number of anilines is 1. The van der Waals surface area contributed by atoms with E-state index in [0.717, 1.165) is 5.56 Å². The Hall–Kier alpha value is -2.08. The van der Waals surface area contributed by atoms with Crippen molar-refractivity contribution in [1.82, 2.24) is 4.90 Å². The van der Waals surface area contributed by atoms with Crippen molar-refractivity contribution in [2.24, 2.45) is 0 Å². The van der Waals surface area contributed by atoms with Crippen molar-refractivity contribution < 1.29 is 19.4 Å². The Balaban J connectivity index is 2.56. The molecule has 0 spiro atoms. The van der Waals surface area contributed by atoms with Crippen molar-refractivity contribution in [3.8, 4) is 0 Å². The molecule has 0 bridgehead atoms. The molecule has 0 radical (unpaired) electrons. The van der Waals surface area contributed by atoms with Gasteiger partial charge in [-0.2, -0.15) is 0 Å².